The molecule has 78 valence electrons. The van der Waals surface area contributed by atoms with Crippen LogP contribution in [0.3, 0.4) is 0 Å². The summed E-state index contributed by atoms with van der Waals surface area (Å²) in [6, 6.07) is 0. The molecule has 0 saturated heterocycles. The van der Waals surface area contributed by atoms with Crippen molar-refractivity contribution in [2.45, 2.75) is 60.4 Å². The van der Waals surface area contributed by atoms with Crippen LogP contribution in [0.1, 0.15) is 54.9 Å². The van der Waals surface area contributed by atoms with Crippen LogP contribution in [-0.2, 0) is 0 Å². The van der Waals surface area contributed by atoms with Crippen LogP contribution in [-0.4, -0.2) is 5.54 Å². The molecule has 0 amide bonds. The van der Waals surface area contributed by atoms with Crippen molar-refractivity contribution < 1.29 is 0 Å². The Morgan fingerprint density at radius 2 is 1.15 bits per heavy atom. The van der Waals surface area contributed by atoms with E-state index in [0.29, 0.717) is 5.41 Å². The highest BCUT2D eigenvalue weighted by Crippen LogP contribution is 2.64. The summed E-state index contributed by atoms with van der Waals surface area (Å²) in [5, 5.41) is 0. The second kappa shape index (κ2) is 2.31. The molecule has 1 unspecified atom stereocenters. The Morgan fingerprint density at radius 3 is 1.23 bits per heavy atom. The average Bonchev–Trinajstić information content (AvgIpc) is 1.88. The predicted octanol–water partition coefficient (Wildman–Crippen LogP) is 3.19. The van der Waals surface area contributed by atoms with Crippen LogP contribution in [0, 0.1) is 16.2 Å². The largest absolute Gasteiger partial charge is 0.324 e. The van der Waals surface area contributed by atoms with Crippen molar-refractivity contribution >= 4 is 0 Å². The summed E-state index contributed by atoms with van der Waals surface area (Å²) in [5.41, 5.74) is 7.20. The van der Waals surface area contributed by atoms with Crippen molar-refractivity contribution in [3.63, 3.8) is 0 Å². The lowest BCUT2D eigenvalue weighted by Gasteiger charge is -2.47. The van der Waals surface area contributed by atoms with Gasteiger partial charge in [0.05, 0.1) is 0 Å². The first-order chi connectivity index (χ1) is 5.46. The highest BCUT2D eigenvalue weighted by molar-refractivity contribution is 5.16. The number of hydrogen-bond acceptors (Lipinski definition) is 1. The van der Waals surface area contributed by atoms with Crippen molar-refractivity contribution in [1.82, 2.24) is 0 Å². The van der Waals surface area contributed by atoms with Gasteiger partial charge in [0.15, 0.2) is 0 Å². The first-order valence-electron chi connectivity index (χ1n) is 5.25. The lowest BCUT2D eigenvalue weighted by Crippen LogP contribution is -2.56. The third-order valence-electron chi connectivity index (χ3n) is 5.28. The van der Waals surface area contributed by atoms with E-state index < -0.39 is 0 Å². The highest BCUT2D eigenvalue weighted by Gasteiger charge is 2.62. The molecular formula is C12H25N. The summed E-state index contributed by atoms with van der Waals surface area (Å²) in [5.74, 6) is 0. The summed E-state index contributed by atoms with van der Waals surface area (Å²) < 4.78 is 0. The summed E-state index contributed by atoms with van der Waals surface area (Å²) in [7, 11) is 0. The monoisotopic (exact) mass is 183 g/mol. The summed E-state index contributed by atoms with van der Waals surface area (Å²) >= 11 is 0. The van der Waals surface area contributed by atoms with E-state index in [0.717, 1.165) is 0 Å². The van der Waals surface area contributed by atoms with Crippen LogP contribution in [0.15, 0.2) is 0 Å². The van der Waals surface area contributed by atoms with E-state index in [1.54, 1.807) is 0 Å². The van der Waals surface area contributed by atoms with Gasteiger partial charge >= 0.3 is 0 Å². The molecule has 0 spiro atoms. The van der Waals surface area contributed by atoms with Crippen LogP contribution in [0.25, 0.3) is 0 Å². The topological polar surface area (TPSA) is 26.0 Å². The molecule has 0 aliphatic heterocycles. The van der Waals surface area contributed by atoms with Gasteiger partial charge < -0.3 is 5.73 Å². The molecule has 0 aromatic heterocycles. The number of nitrogens with two attached hydrogens (primary N) is 1. The molecule has 1 nitrogen and oxygen atoms in total. The normalized spacial score (nSPS) is 40.6. The molecule has 1 fully saturated rings. The van der Waals surface area contributed by atoms with E-state index in [4.69, 9.17) is 5.73 Å². The molecule has 1 saturated carbocycles. The second-order valence-corrected chi connectivity index (χ2v) is 6.77. The van der Waals surface area contributed by atoms with Gasteiger partial charge in [-0.05, 0) is 29.6 Å². The summed E-state index contributed by atoms with van der Waals surface area (Å²) in [6.07, 6.45) is 1.21. The fraction of sp³-hybridized carbons (Fsp3) is 1.00. The Bertz CT molecular complexity index is 197. The van der Waals surface area contributed by atoms with Gasteiger partial charge in [-0.15, -0.1) is 0 Å². The quantitative estimate of drug-likeness (QED) is 0.613. The molecule has 1 atom stereocenters. The van der Waals surface area contributed by atoms with Gasteiger partial charge in [0.25, 0.3) is 0 Å². The Labute approximate surface area is 83.1 Å². The van der Waals surface area contributed by atoms with E-state index in [9.17, 15) is 0 Å². The molecule has 0 bridgehead atoms. The van der Waals surface area contributed by atoms with E-state index in [1.807, 2.05) is 0 Å². The van der Waals surface area contributed by atoms with Crippen molar-refractivity contribution in [3.8, 4) is 0 Å². The molecule has 1 heteroatoms. The first-order valence-corrected chi connectivity index (χ1v) is 5.25. The molecule has 1 aliphatic rings. The minimum Gasteiger partial charge on any atom is -0.324 e. The zero-order valence-electron chi connectivity index (χ0n) is 10.3. The third-order valence-corrected chi connectivity index (χ3v) is 5.28. The Morgan fingerprint density at radius 1 is 0.769 bits per heavy atom. The molecule has 1 aliphatic carbocycles. The fourth-order valence-electron chi connectivity index (χ4n) is 3.06. The lowest BCUT2D eigenvalue weighted by molar-refractivity contribution is 0.0744. The molecule has 0 aromatic carbocycles. The van der Waals surface area contributed by atoms with Gasteiger partial charge in [-0.3, -0.25) is 0 Å². The van der Waals surface area contributed by atoms with E-state index in [2.05, 4.69) is 48.5 Å². The SMILES string of the molecule is CC1(C)CC(C)(C)C(C)(N)C1(C)C. The van der Waals surface area contributed by atoms with E-state index >= 15 is 0 Å². The minimum atomic E-state index is -0.0799. The zero-order chi connectivity index (χ0) is 10.7. The maximum absolute atomic E-state index is 6.51. The van der Waals surface area contributed by atoms with Gasteiger partial charge in [-0.2, -0.15) is 0 Å². The van der Waals surface area contributed by atoms with Crippen LogP contribution in [0.5, 0.6) is 0 Å². The van der Waals surface area contributed by atoms with Crippen LogP contribution < -0.4 is 5.73 Å². The van der Waals surface area contributed by atoms with Crippen molar-refractivity contribution in [2.75, 3.05) is 0 Å². The van der Waals surface area contributed by atoms with Gasteiger partial charge in [0.1, 0.15) is 0 Å². The Hall–Kier alpha value is -0.0400. The molecule has 0 aromatic rings. The molecule has 0 radical (unpaired) electrons. The van der Waals surface area contributed by atoms with Gasteiger partial charge in [-0.25, -0.2) is 0 Å². The van der Waals surface area contributed by atoms with Gasteiger partial charge in [0.2, 0.25) is 0 Å². The Kier molecular flexibility index (Phi) is 1.96. The van der Waals surface area contributed by atoms with Gasteiger partial charge in [-0.1, -0.05) is 41.5 Å². The third kappa shape index (κ3) is 1.09. The standard InChI is InChI=1S/C12H25N/c1-9(2)8-10(3,4)12(7,13)11(9,5)6/h8,13H2,1-7H3. The highest BCUT2D eigenvalue weighted by atomic mass is 14.9. The molecular weight excluding hydrogens is 158 g/mol. The minimum absolute atomic E-state index is 0.0799. The zero-order valence-corrected chi connectivity index (χ0v) is 10.3. The number of hydrogen-bond donors (Lipinski definition) is 1. The molecule has 1 rings (SSSR count). The van der Waals surface area contributed by atoms with Crippen LogP contribution in [0.4, 0.5) is 0 Å². The molecule has 2 N–H and O–H groups in total. The summed E-state index contributed by atoms with van der Waals surface area (Å²) in [6.45, 7) is 16.1. The maximum Gasteiger partial charge on any atom is 0.0234 e. The van der Waals surface area contributed by atoms with E-state index in [-0.39, 0.29) is 16.4 Å². The fourth-order valence-corrected chi connectivity index (χ4v) is 3.06. The number of rotatable bonds is 0. The average molecular weight is 183 g/mol. The smallest absolute Gasteiger partial charge is 0.0234 e. The van der Waals surface area contributed by atoms with Crippen LogP contribution >= 0.6 is 0 Å². The van der Waals surface area contributed by atoms with E-state index in [1.165, 1.54) is 6.42 Å². The molecule has 13 heavy (non-hydrogen) atoms. The predicted molar refractivity (Wildman–Crippen MR) is 58.6 cm³/mol. The van der Waals surface area contributed by atoms with Crippen molar-refractivity contribution in [1.29, 1.82) is 0 Å². The molecule has 0 heterocycles. The second-order valence-electron chi connectivity index (χ2n) is 6.77. The van der Waals surface area contributed by atoms with Crippen LogP contribution in [0.2, 0.25) is 0 Å². The Balaban J connectivity index is 3.24. The van der Waals surface area contributed by atoms with Crippen molar-refractivity contribution in [3.05, 3.63) is 0 Å². The first kappa shape index (κ1) is 11.0. The lowest BCUT2D eigenvalue weighted by atomic mass is 9.62. The van der Waals surface area contributed by atoms with Crippen molar-refractivity contribution in [2.24, 2.45) is 22.0 Å². The van der Waals surface area contributed by atoms with Gasteiger partial charge in [0, 0.05) is 5.54 Å². The summed E-state index contributed by atoms with van der Waals surface area (Å²) in [4.78, 5) is 0. The maximum atomic E-state index is 6.51.